The third-order valence-electron chi connectivity index (χ3n) is 4.26. The zero-order valence-electron chi connectivity index (χ0n) is 12.5. The van der Waals surface area contributed by atoms with Crippen LogP contribution >= 0.6 is 0 Å². The van der Waals surface area contributed by atoms with Gasteiger partial charge in [0.1, 0.15) is 5.82 Å². The highest BCUT2D eigenvalue weighted by Crippen LogP contribution is 2.20. The number of carbonyl (C=O) groups is 1. The van der Waals surface area contributed by atoms with Gasteiger partial charge in [-0.25, -0.2) is 4.98 Å². The lowest BCUT2D eigenvalue weighted by molar-refractivity contribution is -0.126. The van der Waals surface area contributed by atoms with Crippen LogP contribution in [0.5, 0.6) is 0 Å². The van der Waals surface area contributed by atoms with E-state index in [2.05, 4.69) is 20.1 Å². The van der Waals surface area contributed by atoms with Crippen LogP contribution in [0.15, 0.2) is 18.3 Å². The number of amides is 1. The molecule has 1 aromatic rings. The first-order valence-electron chi connectivity index (χ1n) is 7.64. The number of aromatic nitrogens is 1. The van der Waals surface area contributed by atoms with Crippen molar-refractivity contribution in [2.75, 3.05) is 36.8 Å². The largest absolute Gasteiger partial charge is 0.397 e. The van der Waals surface area contributed by atoms with Gasteiger partial charge in [-0.2, -0.15) is 0 Å². The second-order valence-electron chi connectivity index (χ2n) is 5.93. The van der Waals surface area contributed by atoms with E-state index in [-0.39, 0.29) is 11.9 Å². The quantitative estimate of drug-likeness (QED) is 0.842. The summed E-state index contributed by atoms with van der Waals surface area (Å²) in [5.74, 6) is 1.12. The highest BCUT2D eigenvalue weighted by Gasteiger charge is 2.30. The van der Waals surface area contributed by atoms with Gasteiger partial charge in [0.25, 0.3) is 0 Å². The molecule has 3 N–H and O–H groups in total. The Bertz CT molecular complexity index is 491. The number of anilines is 2. The van der Waals surface area contributed by atoms with Gasteiger partial charge < -0.3 is 16.0 Å². The fourth-order valence-corrected chi connectivity index (χ4v) is 2.64. The molecule has 1 atom stereocenters. The van der Waals surface area contributed by atoms with Gasteiger partial charge >= 0.3 is 0 Å². The van der Waals surface area contributed by atoms with E-state index in [0.717, 1.165) is 44.8 Å². The summed E-state index contributed by atoms with van der Waals surface area (Å²) in [7, 11) is 0. The molecule has 2 aliphatic rings. The number of rotatable bonds is 4. The maximum absolute atomic E-state index is 12.1. The zero-order valence-corrected chi connectivity index (χ0v) is 12.5. The van der Waals surface area contributed by atoms with Crippen molar-refractivity contribution < 1.29 is 4.79 Å². The summed E-state index contributed by atoms with van der Waals surface area (Å²) in [5.41, 5.74) is 6.35. The summed E-state index contributed by atoms with van der Waals surface area (Å²) in [5, 5.41) is 3.08. The third kappa shape index (κ3) is 3.44. The second-order valence-corrected chi connectivity index (χ2v) is 5.93. The molecule has 1 saturated carbocycles. The molecule has 3 rings (SSSR count). The fourth-order valence-electron chi connectivity index (χ4n) is 2.64. The molecule has 1 aliphatic carbocycles. The Kier molecular flexibility index (Phi) is 3.96. The molecular weight excluding hydrogens is 266 g/mol. The molecule has 0 bridgehead atoms. The first-order chi connectivity index (χ1) is 10.1. The van der Waals surface area contributed by atoms with Crippen molar-refractivity contribution >= 4 is 17.4 Å². The fraction of sp³-hybridized carbons (Fsp3) is 0.600. The van der Waals surface area contributed by atoms with E-state index in [4.69, 9.17) is 5.73 Å². The van der Waals surface area contributed by atoms with Crippen molar-refractivity contribution in [1.29, 1.82) is 0 Å². The minimum Gasteiger partial charge on any atom is -0.397 e. The average molecular weight is 289 g/mol. The minimum absolute atomic E-state index is 0.0490. The zero-order chi connectivity index (χ0) is 14.8. The molecule has 21 heavy (non-hydrogen) atoms. The first kappa shape index (κ1) is 14.1. The van der Waals surface area contributed by atoms with E-state index in [1.165, 1.54) is 0 Å². The van der Waals surface area contributed by atoms with Crippen LogP contribution in [0.4, 0.5) is 11.5 Å². The normalized spacial score (nSPS) is 21.1. The van der Waals surface area contributed by atoms with Crippen molar-refractivity contribution in [2.45, 2.75) is 31.8 Å². The number of hydrogen-bond donors (Lipinski definition) is 2. The Morgan fingerprint density at radius 2 is 2.05 bits per heavy atom. The summed E-state index contributed by atoms with van der Waals surface area (Å²) in [6.07, 6.45) is 3.96. The van der Waals surface area contributed by atoms with E-state index >= 15 is 0 Å². The highest BCUT2D eigenvalue weighted by molar-refractivity contribution is 5.81. The number of carbonyl (C=O) groups excluding carboxylic acids is 1. The first-order valence-corrected chi connectivity index (χ1v) is 7.64. The lowest BCUT2D eigenvalue weighted by Crippen LogP contribution is -2.54. The molecule has 1 aromatic heterocycles. The Balaban J connectivity index is 1.52. The summed E-state index contributed by atoms with van der Waals surface area (Å²) >= 11 is 0. The SMILES string of the molecule is CC(C(=O)NC1CC1)N1CCN(c2ccc(N)cn2)CC1. The number of nitrogens with zero attached hydrogens (tertiary/aromatic N) is 3. The van der Waals surface area contributed by atoms with Crippen LogP contribution in [0.2, 0.25) is 0 Å². The van der Waals surface area contributed by atoms with Gasteiger partial charge in [0, 0.05) is 32.2 Å². The lowest BCUT2D eigenvalue weighted by atomic mass is 10.2. The van der Waals surface area contributed by atoms with Gasteiger partial charge in [0.15, 0.2) is 0 Å². The average Bonchev–Trinajstić information content (AvgIpc) is 3.31. The predicted molar refractivity (Wildman–Crippen MR) is 83.1 cm³/mol. The molecule has 1 amide bonds. The van der Waals surface area contributed by atoms with Crippen molar-refractivity contribution in [3.05, 3.63) is 18.3 Å². The monoisotopic (exact) mass is 289 g/mol. The van der Waals surface area contributed by atoms with Crippen LogP contribution in [0.1, 0.15) is 19.8 Å². The lowest BCUT2D eigenvalue weighted by Gasteiger charge is -2.38. The molecule has 2 heterocycles. The van der Waals surface area contributed by atoms with Crippen LogP contribution in [0, 0.1) is 0 Å². The van der Waals surface area contributed by atoms with Gasteiger partial charge in [0.2, 0.25) is 5.91 Å². The van der Waals surface area contributed by atoms with Gasteiger partial charge in [-0.05, 0) is 31.9 Å². The molecule has 114 valence electrons. The number of hydrogen-bond acceptors (Lipinski definition) is 5. The number of nitrogen functional groups attached to an aromatic ring is 1. The Labute approximate surface area is 125 Å². The molecule has 2 fully saturated rings. The molecule has 0 radical (unpaired) electrons. The Morgan fingerprint density at radius 3 is 2.62 bits per heavy atom. The van der Waals surface area contributed by atoms with Crippen LogP contribution in [-0.4, -0.2) is 54.1 Å². The predicted octanol–water partition coefficient (Wildman–Crippen LogP) is 0.453. The summed E-state index contributed by atoms with van der Waals surface area (Å²) < 4.78 is 0. The van der Waals surface area contributed by atoms with Gasteiger partial charge in [-0.3, -0.25) is 9.69 Å². The highest BCUT2D eigenvalue weighted by atomic mass is 16.2. The van der Waals surface area contributed by atoms with Crippen molar-refractivity contribution in [3.63, 3.8) is 0 Å². The van der Waals surface area contributed by atoms with Crippen LogP contribution < -0.4 is 16.0 Å². The maximum atomic E-state index is 12.1. The van der Waals surface area contributed by atoms with E-state index in [1.54, 1.807) is 6.20 Å². The van der Waals surface area contributed by atoms with E-state index < -0.39 is 0 Å². The molecule has 6 nitrogen and oxygen atoms in total. The third-order valence-corrected chi connectivity index (χ3v) is 4.26. The Hall–Kier alpha value is -1.82. The summed E-state index contributed by atoms with van der Waals surface area (Å²) in [6.45, 7) is 5.53. The maximum Gasteiger partial charge on any atom is 0.237 e. The van der Waals surface area contributed by atoms with Crippen LogP contribution in [-0.2, 0) is 4.79 Å². The van der Waals surface area contributed by atoms with Gasteiger partial charge in [-0.1, -0.05) is 0 Å². The summed E-state index contributed by atoms with van der Waals surface area (Å²) in [6, 6.07) is 4.21. The van der Waals surface area contributed by atoms with Gasteiger partial charge in [0.05, 0.1) is 17.9 Å². The summed E-state index contributed by atoms with van der Waals surface area (Å²) in [4.78, 5) is 20.9. The Morgan fingerprint density at radius 1 is 1.33 bits per heavy atom. The van der Waals surface area contributed by atoms with E-state index in [9.17, 15) is 4.79 Å². The van der Waals surface area contributed by atoms with Crippen molar-refractivity contribution in [2.24, 2.45) is 0 Å². The molecule has 6 heteroatoms. The molecule has 1 unspecified atom stereocenters. The topological polar surface area (TPSA) is 74.5 Å². The number of nitrogens with one attached hydrogen (secondary N) is 1. The smallest absolute Gasteiger partial charge is 0.237 e. The van der Waals surface area contributed by atoms with Crippen molar-refractivity contribution in [1.82, 2.24) is 15.2 Å². The second kappa shape index (κ2) is 5.89. The van der Waals surface area contributed by atoms with E-state index in [1.807, 2.05) is 19.1 Å². The minimum atomic E-state index is -0.0490. The molecule has 1 aliphatic heterocycles. The van der Waals surface area contributed by atoms with E-state index in [0.29, 0.717) is 11.7 Å². The van der Waals surface area contributed by atoms with Gasteiger partial charge in [-0.15, -0.1) is 0 Å². The number of pyridine rings is 1. The number of nitrogens with two attached hydrogens (primary N) is 1. The number of piperazine rings is 1. The van der Waals surface area contributed by atoms with Crippen molar-refractivity contribution in [3.8, 4) is 0 Å². The molecule has 1 saturated heterocycles. The van der Waals surface area contributed by atoms with Crippen LogP contribution in [0.3, 0.4) is 0 Å². The standard InChI is InChI=1S/C15H23N5O/c1-11(15(21)18-13-3-4-13)19-6-8-20(9-7-19)14-5-2-12(16)10-17-14/h2,5,10-11,13H,3-4,6-9,16H2,1H3,(H,18,21). The molecule has 0 spiro atoms. The molecular formula is C15H23N5O. The van der Waals surface area contributed by atoms with Crippen LogP contribution in [0.25, 0.3) is 0 Å². The molecule has 0 aromatic carbocycles.